The van der Waals surface area contributed by atoms with E-state index in [-0.39, 0.29) is 5.78 Å². The molecular weight excluding hydrogens is 286 g/mol. The van der Waals surface area contributed by atoms with Gasteiger partial charge in [0, 0.05) is 23.9 Å². The molecule has 3 heteroatoms. The fourth-order valence-corrected chi connectivity index (χ4v) is 2.89. The summed E-state index contributed by atoms with van der Waals surface area (Å²) in [6, 6.07) is 12.0. The van der Waals surface area contributed by atoms with Gasteiger partial charge in [0.2, 0.25) is 0 Å². The van der Waals surface area contributed by atoms with Crippen LogP contribution in [-0.2, 0) is 6.61 Å². The molecule has 1 fully saturated rings. The van der Waals surface area contributed by atoms with Gasteiger partial charge in [-0.1, -0.05) is 12.1 Å². The minimum absolute atomic E-state index is 0.106. The Bertz CT molecular complexity index is 732. The quantitative estimate of drug-likeness (QED) is 0.786. The lowest BCUT2D eigenvalue weighted by Gasteiger charge is -2.16. The van der Waals surface area contributed by atoms with Gasteiger partial charge in [-0.05, 0) is 68.0 Å². The highest BCUT2D eigenvalue weighted by molar-refractivity contribution is 5.94. The Balaban J connectivity index is 1.85. The minimum atomic E-state index is 0.106. The first kappa shape index (κ1) is 15.6. The van der Waals surface area contributed by atoms with Crippen LogP contribution < -0.4 is 10.1 Å². The number of hydrogen-bond donors (Lipinski definition) is 1. The lowest BCUT2D eigenvalue weighted by molar-refractivity contribution is 0.101. The normalized spacial score (nSPS) is 13.7. The van der Waals surface area contributed by atoms with Gasteiger partial charge in [-0.25, -0.2) is 0 Å². The molecule has 0 aliphatic heterocycles. The van der Waals surface area contributed by atoms with Gasteiger partial charge in [0.05, 0.1) is 0 Å². The van der Waals surface area contributed by atoms with E-state index in [0.29, 0.717) is 12.5 Å². The van der Waals surface area contributed by atoms with E-state index < -0.39 is 0 Å². The van der Waals surface area contributed by atoms with Crippen molar-refractivity contribution < 1.29 is 9.53 Å². The van der Waals surface area contributed by atoms with Crippen LogP contribution in [0.5, 0.6) is 5.75 Å². The average Bonchev–Trinajstić information content (AvgIpc) is 3.38. The van der Waals surface area contributed by atoms with E-state index in [2.05, 4.69) is 24.4 Å². The van der Waals surface area contributed by atoms with Crippen LogP contribution >= 0.6 is 0 Å². The molecule has 2 aromatic carbocycles. The second-order valence-corrected chi connectivity index (χ2v) is 6.22. The zero-order valence-corrected chi connectivity index (χ0v) is 14.0. The number of ketones is 1. The van der Waals surface area contributed by atoms with Crippen molar-refractivity contribution in [3.63, 3.8) is 0 Å². The Morgan fingerprint density at radius 1 is 1.26 bits per heavy atom. The molecule has 0 unspecified atom stereocenters. The molecule has 0 atom stereocenters. The summed E-state index contributed by atoms with van der Waals surface area (Å²) in [6.45, 7) is 4.24. The highest BCUT2D eigenvalue weighted by atomic mass is 16.5. The van der Waals surface area contributed by atoms with Crippen molar-refractivity contribution in [1.82, 2.24) is 0 Å². The Hall–Kier alpha value is -2.29. The van der Waals surface area contributed by atoms with Crippen LogP contribution in [0.4, 0.5) is 5.69 Å². The summed E-state index contributed by atoms with van der Waals surface area (Å²) in [5, 5.41) is 3.22. The van der Waals surface area contributed by atoms with E-state index in [0.717, 1.165) is 17.0 Å². The van der Waals surface area contributed by atoms with Crippen molar-refractivity contribution in [2.45, 2.75) is 39.2 Å². The minimum Gasteiger partial charge on any atom is -0.489 e. The number of Topliss-reactive ketones (excluding diaryl/α,β-unsaturated/α-hetero) is 1. The third kappa shape index (κ3) is 3.39. The summed E-state index contributed by atoms with van der Waals surface area (Å²) >= 11 is 0. The molecule has 3 rings (SSSR count). The largest absolute Gasteiger partial charge is 0.489 e. The van der Waals surface area contributed by atoms with E-state index in [4.69, 9.17) is 4.74 Å². The lowest BCUT2D eigenvalue weighted by atomic mass is 10.0. The number of carbonyl (C=O) groups is 1. The SMILES string of the molecule is CNc1cccc(C)c1COc1ccc(C(C)=O)cc1C1CC1. The monoisotopic (exact) mass is 309 g/mol. The van der Waals surface area contributed by atoms with Gasteiger partial charge in [0.25, 0.3) is 0 Å². The van der Waals surface area contributed by atoms with E-state index >= 15 is 0 Å². The zero-order valence-electron chi connectivity index (χ0n) is 14.0. The third-order valence-corrected chi connectivity index (χ3v) is 4.49. The standard InChI is InChI=1S/C20H23NO2/c1-13-5-4-6-19(21-3)18(13)12-23-20-10-9-16(14(2)22)11-17(20)15-7-8-15/h4-6,9-11,15,21H,7-8,12H2,1-3H3. The summed E-state index contributed by atoms with van der Waals surface area (Å²) in [4.78, 5) is 11.6. The molecule has 120 valence electrons. The van der Waals surface area contributed by atoms with Gasteiger partial charge in [-0.2, -0.15) is 0 Å². The molecule has 1 saturated carbocycles. The lowest BCUT2D eigenvalue weighted by Crippen LogP contribution is -2.05. The van der Waals surface area contributed by atoms with Gasteiger partial charge in [-0.15, -0.1) is 0 Å². The first-order chi connectivity index (χ1) is 11.1. The van der Waals surface area contributed by atoms with Crippen molar-refractivity contribution >= 4 is 11.5 Å². The number of nitrogens with one attached hydrogen (secondary N) is 1. The summed E-state index contributed by atoms with van der Waals surface area (Å²) < 4.78 is 6.13. The van der Waals surface area contributed by atoms with Crippen LogP contribution in [0.3, 0.4) is 0 Å². The number of benzene rings is 2. The molecule has 1 aliphatic rings. The Morgan fingerprint density at radius 2 is 2.04 bits per heavy atom. The van der Waals surface area contributed by atoms with Gasteiger partial charge in [-0.3, -0.25) is 4.79 Å². The zero-order chi connectivity index (χ0) is 16.4. The molecule has 1 aliphatic carbocycles. The topological polar surface area (TPSA) is 38.3 Å². The molecule has 0 heterocycles. The van der Waals surface area contributed by atoms with E-state index in [1.807, 2.05) is 31.3 Å². The molecule has 0 aromatic heterocycles. The highest BCUT2D eigenvalue weighted by Gasteiger charge is 2.27. The fraction of sp³-hybridized carbons (Fsp3) is 0.350. The van der Waals surface area contributed by atoms with Gasteiger partial charge in [0.1, 0.15) is 12.4 Å². The van der Waals surface area contributed by atoms with E-state index in [1.54, 1.807) is 6.92 Å². The molecule has 0 amide bonds. The number of hydrogen-bond acceptors (Lipinski definition) is 3. The molecule has 2 aromatic rings. The van der Waals surface area contributed by atoms with Crippen LogP contribution in [-0.4, -0.2) is 12.8 Å². The Morgan fingerprint density at radius 3 is 2.70 bits per heavy atom. The molecule has 0 bridgehead atoms. The fourth-order valence-electron chi connectivity index (χ4n) is 2.89. The van der Waals surface area contributed by atoms with E-state index in [1.165, 1.54) is 29.5 Å². The van der Waals surface area contributed by atoms with Gasteiger partial charge < -0.3 is 10.1 Å². The maximum Gasteiger partial charge on any atom is 0.159 e. The molecule has 0 spiro atoms. The van der Waals surface area contributed by atoms with Crippen LogP contribution in [0, 0.1) is 6.92 Å². The molecule has 1 N–H and O–H groups in total. The number of carbonyl (C=O) groups excluding carboxylic acids is 1. The molecule has 0 saturated heterocycles. The second kappa shape index (κ2) is 6.45. The maximum atomic E-state index is 11.6. The molecule has 0 radical (unpaired) electrons. The van der Waals surface area contributed by atoms with Crippen LogP contribution in [0.25, 0.3) is 0 Å². The molecule has 3 nitrogen and oxygen atoms in total. The van der Waals surface area contributed by atoms with Crippen LogP contribution in [0.15, 0.2) is 36.4 Å². The second-order valence-electron chi connectivity index (χ2n) is 6.22. The predicted molar refractivity (Wildman–Crippen MR) is 93.5 cm³/mol. The molecular formula is C20H23NO2. The summed E-state index contributed by atoms with van der Waals surface area (Å²) in [5.41, 5.74) is 5.43. The van der Waals surface area contributed by atoms with Crippen molar-refractivity contribution in [2.24, 2.45) is 0 Å². The average molecular weight is 309 g/mol. The van der Waals surface area contributed by atoms with E-state index in [9.17, 15) is 4.79 Å². The summed E-state index contributed by atoms with van der Waals surface area (Å²) in [7, 11) is 1.93. The summed E-state index contributed by atoms with van der Waals surface area (Å²) in [6.07, 6.45) is 2.37. The molecule has 23 heavy (non-hydrogen) atoms. The number of rotatable bonds is 6. The third-order valence-electron chi connectivity index (χ3n) is 4.49. The van der Waals surface area contributed by atoms with Crippen molar-refractivity contribution in [2.75, 3.05) is 12.4 Å². The first-order valence-corrected chi connectivity index (χ1v) is 8.14. The van der Waals surface area contributed by atoms with Crippen LogP contribution in [0.2, 0.25) is 0 Å². The van der Waals surface area contributed by atoms with Crippen LogP contribution in [0.1, 0.15) is 52.7 Å². The number of anilines is 1. The Kier molecular flexibility index (Phi) is 4.37. The smallest absolute Gasteiger partial charge is 0.159 e. The maximum absolute atomic E-state index is 11.6. The van der Waals surface area contributed by atoms with Crippen molar-refractivity contribution in [3.05, 3.63) is 58.7 Å². The Labute approximate surface area is 137 Å². The van der Waals surface area contributed by atoms with Gasteiger partial charge in [0.15, 0.2) is 5.78 Å². The number of ether oxygens (including phenoxy) is 1. The van der Waals surface area contributed by atoms with Gasteiger partial charge >= 0.3 is 0 Å². The van der Waals surface area contributed by atoms with Crippen molar-refractivity contribution in [1.29, 1.82) is 0 Å². The van der Waals surface area contributed by atoms with Crippen molar-refractivity contribution in [3.8, 4) is 5.75 Å². The summed E-state index contributed by atoms with van der Waals surface area (Å²) in [5.74, 6) is 1.56. The first-order valence-electron chi connectivity index (χ1n) is 8.14. The predicted octanol–water partition coefficient (Wildman–Crippen LogP) is 4.70. The highest BCUT2D eigenvalue weighted by Crippen LogP contribution is 2.45. The number of aryl methyl sites for hydroxylation is 1.